The normalized spacial score (nSPS) is 24.3. The van der Waals surface area contributed by atoms with Crippen molar-refractivity contribution in [3.8, 4) is 0 Å². The Morgan fingerprint density at radius 1 is 1.10 bits per heavy atom. The Morgan fingerprint density at radius 2 is 1.77 bits per heavy atom. The van der Waals surface area contributed by atoms with Crippen LogP contribution in [0.3, 0.4) is 0 Å². The molecule has 2 aromatic rings. The quantitative estimate of drug-likeness (QED) is 0.514. The third kappa shape index (κ3) is 3.89. The van der Waals surface area contributed by atoms with Gasteiger partial charge in [-0.25, -0.2) is 4.98 Å². The fourth-order valence-corrected chi connectivity index (χ4v) is 6.21. The Balaban J connectivity index is 1.15. The molecule has 2 saturated heterocycles. The molecule has 5 rings (SSSR count). The number of likely N-dealkylation sites (tertiary alicyclic amines) is 2. The summed E-state index contributed by atoms with van der Waals surface area (Å²) in [5, 5.41) is 1.80. The summed E-state index contributed by atoms with van der Waals surface area (Å²) < 4.78 is 1.13. The third-order valence-electron chi connectivity index (χ3n) is 6.71. The van der Waals surface area contributed by atoms with Crippen LogP contribution >= 0.6 is 22.9 Å². The molecule has 0 radical (unpaired) electrons. The fraction of sp³-hybridized carbons (Fsp3) is 0.478. The number of halogens is 1. The minimum absolute atomic E-state index is 0.0168. The van der Waals surface area contributed by atoms with Crippen LogP contribution < -0.4 is 0 Å². The van der Waals surface area contributed by atoms with Crippen LogP contribution in [-0.2, 0) is 14.4 Å². The van der Waals surface area contributed by atoms with E-state index in [0.717, 1.165) is 28.1 Å². The van der Waals surface area contributed by atoms with E-state index >= 15 is 0 Å². The molecule has 0 spiro atoms. The maximum Gasteiger partial charge on any atom is 0.233 e. The topological polar surface area (TPSA) is 70.6 Å². The molecular weight excluding hydrogens is 434 g/mol. The molecule has 2 fully saturated rings. The SMILES string of the molecule is O=C(CCN1C(=O)C2CC=CCC2C1=O)N1CCC(c2nc3cc(Cl)ccc3s2)CC1. The van der Waals surface area contributed by atoms with E-state index in [-0.39, 0.29) is 42.5 Å². The number of carbonyl (C=O) groups is 3. The van der Waals surface area contributed by atoms with Crippen molar-refractivity contribution in [3.05, 3.63) is 40.4 Å². The molecule has 162 valence electrons. The van der Waals surface area contributed by atoms with E-state index in [1.54, 1.807) is 11.3 Å². The number of piperidine rings is 1. The lowest BCUT2D eigenvalue weighted by Crippen LogP contribution is -2.40. The average molecular weight is 458 g/mol. The number of rotatable bonds is 4. The maximum absolute atomic E-state index is 12.7. The number of thiazole rings is 1. The van der Waals surface area contributed by atoms with Gasteiger partial charge in [0, 0.05) is 37.0 Å². The molecule has 31 heavy (non-hydrogen) atoms. The highest BCUT2D eigenvalue weighted by atomic mass is 35.5. The van der Waals surface area contributed by atoms with E-state index in [9.17, 15) is 14.4 Å². The Bertz CT molecular complexity index is 1050. The summed E-state index contributed by atoms with van der Waals surface area (Å²) in [5.74, 6) is -0.316. The summed E-state index contributed by atoms with van der Waals surface area (Å²) in [5.41, 5.74) is 0.932. The van der Waals surface area contributed by atoms with E-state index in [1.807, 2.05) is 35.3 Å². The van der Waals surface area contributed by atoms with Gasteiger partial charge >= 0.3 is 0 Å². The van der Waals surface area contributed by atoms with Gasteiger partial charge in [-0.1, -0.05) is 23.8 Å². The van der Waals surface area contributed by atoms with E-state index in [2.05, 4.69) is 0 Å². The van der Waals surface area contributed by atoms with Gasteiger partial charge in [-0.05, 0) is 43.9 Å². The van der Waals surface area contributed by atoms with Gasteiger partial charge in [-0.3, -0.25) is 19.3 Å². The number of hydrogen-bond donors (Lipinski definition) is 0. The molecule has 0 N–H and O–H groups in total. The minimum Gasteiger partial charge on any atom is -0.343 e. The predicted molar refractivity (Wildman–Crippen MR) is 120 cm³/mol. The van der Waals surface area contributed by atoms with Crippen molar-refractivity contribution in [2.24, 2.45) is 11.8 Å². The number of amides is 3. The highest BCUT2D eigenvalue weighted by Crippen LogP contribution is 2.36. The van der Waals surface area contributed by atoms with Gasteiger partial charge in [0.25, 0.3) is 0 Å². The molecule has 8 heteroatoms. The van der Waals surface area contributed by atoms with Crippen LogP contribution in [0.4, 0.5) is 0 Å². The van der Waals surface area contributed by atoms with Gasteiger partial charge in [-0.2, -0.15) is 0 Å². The molecule has 2 aliphatic heterocycles. The lowest BCUT2D eigenvalue weighted by molar-refractivity contribution is -0.141. The fourth-order valence-electron chi connectivity index (χ4n) is 4.92. The highest BCUT2D eigenvalue weighted by molar-refractivity contribution is 7.18. The highest BCUT2D eigenvalue weighted by Gasteiger charge is 2.47. The molecular formula is C23H24ClN3O3S. The van der Waals surface area contributed by atoms with E-state index in [0.29, 0.717) is 36.9 Å². The molecule has 3 aliphatic rings. The monoisotopic (exact) mass is 457 g/mol. The summed E-state index contributed by atoms with van der Waals surface area (Å²) in [4.78, 5) is 45.8. The van der Waals surface area contributed by atoms with Crippen LogP contribution in [0.2, 0.25) is 5.02 Å². The number of allylic oxidation sites excluding steroid dienone is 2. The maximum atomic E-state index is 12.7. The Kier molecular flexibility index (Phi) is 5.56. The molecule has 0 bridgehead atoms. The minimum atomic E-state index is -0.230. The van der Waals surface area contributed by atoms with E-state index in [1.165, 1.54) is 4.90 Å². The third-order valence-corrected chi connectivity index (χ3v) is 8.15. The van der Waals surface area contributed by atoms with Crippen molar-refractivity contribution in [2.75, 3.05) is 19.6 Å². The molecule has 1 aromatic heterocycles. The molecule has 2 unspecified atom stereocenters. The first kappa shape index (κ1) is 20.6. The van der Waals surface area contributed by atoms with Gasteiger partial charge in [-0.15, -0.1) is 11.3 Å². The Labute approximate surface area is 189 Å². The van der Waals surface area contributed by atoms with Crippen molar-refractivity contribution < 1.29 is 14.4 Å². The summed E-state index contributed by atoms with van der Waals surface area (Å²) >= 11 is 7.77. The first-order chi connectivity index (χ1) is 15.0. The summed E-state index contributed by atoms with van der Waals surface area (Å²) in [6.45, 7) is 1.55. The van der Waals surface area contributed by atoms with Crippen molar-refractivity contribution in [3.63, 3.8) is 0 Å². The van der Waals surface area contributed by atoms with Crippen molar-refractivity contribution >= 4 is 50.9 Å². The average Bonchev–Trinajstić information content (AvgIpc) is 3.31. The number of imide groups is 1. The second-order valence-electron chi connectivity index (χ2n) is 8.55. The van der Waals surface area contributed by atoms with Crippen LogP contribution in [0.5, 0.6) is 0 Å². The second-order valence-corrected chi connectivity index (χ2v) is 10.1. The summed E-state index contributed by atoms with van der Waals surface area (Å²) in [6, 6.07) is 5.78. The van der Waals surface area contributed by atoms with Gasteiger partial charge < -0.3 is 4.90 Å². The van der Waals surface area contributed by atoms with E-state index < -0.39 is 0 Å². The molecule has 1 aliphatic carbocycles. The summed E-state index contributed by atoms with van der Waals surface area (Å²) in [6.07, 6.45) is 7.16. The molecule has 0 saturated carbocycles. The van der Waals surface area contributed by atoms with Gasteiger partial charge in [0.1, 0.15) is 0 Å². The lowest BCUT2D eigenvalue weighted by Gasteiger charge is -2.31. The first-order valence-electron chi connectivity index (χ1n) is 10.9. The number of carbonyl (C=O) groups excluding carboxylic acids is 3. The molecule has 3 heterocycles. The van der Waals surface area contributed by atoms with Crippen LogP contribution in [-0.4, -0.2) is 52.1 Å². The van der Waals surface area contributed by atoms with Crippen molar-refractivity contribution in [2.45, 2.75) is 38.0 Å². The zero-order valence-corrected chi connectivity index (χ0v) is 18.7. The summed E-state index contributed by atoms with van der Waals surface area (Å²) in [7, 11) is 0. The van der Waals surface area contributed by atoms with Crippen LogP contribution in [0.1, 0.15) is 43.0 Å². The lowest BCUT2D eigenvalue weighted by atomic mass is 9.85. The van der Waals surface area contributed by atoms with Gasteiger partial charge in [0.05, 0.1) is 27.1 Å². The standard InChI is InChI=1S/C23H24ClN3O3S/c24-15-5-6-19-18(13-15)25-21(31-19)14-7-10-26(11-8-14)20(28)9-12-27-22(29)16-3-1-2-4-17(16)23(27)30/h1-2,5-6,13-14,16-17H,3-4,7-12H2. The zero-order valence-electron chi connectivity index (χ0n) is 17.1. The van der Waals surface area contributed by atoms with Gasteiger partial charge in [0.15, 0.2) is 0 Å². The largest absolute Gasteiger partial charge is 0.343 e. The van der Waals surface area contributed by atoms with Crippen LogP contribution in [0.25, 0.3) is 10.2 Å². The first-order valence-corrected chi connectivity index (χ1v) is 12.0. The van der Waals surface area contributed by atoms with E-state index in [4.69, 9.17) is 16.6 Å². The number of aromatic nitrogens is 1. The number of benzene rings is 1. The predicted octanol–water partition coefficient (Wildman–Crippen LogP) is 4.00. The molecule has 6 nitrogen and oxygen atoms in total. The smallest absolute Gasteiger partial charge is 0.233 e. The molecule has 2 atom stereocenters. The van der Waals surface area contributed by atoms with Crippen molar-refractivity contribution in [1.29, 1.82) is 0 Å². The molecule has 1 aromatic carbocycles. The Morgan fingerprint density at radius 3 is 2.45 bits per heavy atom. The number of hydrogen-bond acceptors (Lipinski definition) is 5. The van der Waals surface area contributed by atoms with Crippen molar-refractivity contribution in [1.82, 2.24) is 14.8 Å². The van der Waals surface area contributed by atoms with Gasteiger partial charge in [0.2, 0.25) is 17.7 Å². The zero-order chi connectivity index (χ0) is 21.5. The molecule has 3 amide bonds. The number of fused-ring (bicyclic) bond motifs is 2. The van der Waals surface area contributed by atoms with Crippen LogP contribution in [0, 0.1) is 11.8 Å². The number of nitrogens with zero attached hydrogens (tertiary/aromatic N) is 3. The Hall–Kier alpha value is -2.25. The van der Waals surface area contributed by atoms with Crippen LogP contribution in [0.15, 0.2) is 30.4 Å². The second kappa shape index (κ2) is 8.36.